The van der Waals surface area contributed by atoms with E-state index in [-0.39, 0.29) is 38.0 Å². The summed E-state index contributed by atoms with van der Waals surface area (Å²) in [4.78, 5) is 26.4. The molecule has 1 N–H and O–H groups in total. The van der Waals surface area contributed by atoms with Gasteiger partial charge in [0.05, 0.1) is 0 Å². The van der Waals surface area contributed by atoms with E-state index >= 15 is 0 Å². The Bertz CT molecular complexity index is 1850. The van der Waals surface area contributed by atoms with Crippen LogP contribution in [0.25, 0.3) is 32.8 Å². The first-order chi connectivity index (χ1) is 18.5. The second-order valence-electron chi connectivity index (χ2n) is 8.47. The molecule has 6 nitrogen and oxygen atoms in total. The van der Waals surface area contributed by atoms with Gasteiger partial charge in [0, 0.05) is 37.5 Å². The standard InChI is InChI=1S/C30H17F2N4O2.Pt/c31-26-15-14-23(27(32)35-26)24-16-18-8-4-6-12-21(18)28(33-24)36(20-10-2-1-3-11-20)29-22-13-7-5-9-19(22)17-25(34-29)30(37)38;/h1-13,15-17H,(H,37,38);/q-1;. The third-order valence-electron chi connectivity index (χ3n) is 6.10. The van der Waals surface area contributed by atoms with Crippen LogP contribution in [-0.4, -0.2) is 26.0 Å². The quantitative estimate of drug-likeness (QED) is 0.153. The summed E-state index contributed by atoms with van der Waals surface area (Å²) < 4.78 is 28.3. The van der Waals surface area contributed by atoms with Gasteiger partial charge in [-0.1, -0.05) is 84.4 Å². The molecule has 0 radical (unpaired) electrons. The van der Waals surface area contributed by atoms with Crippen molar-refractivity contribution in [1.82, 2.24) is 15.0 Å². The number of aromatic nitrogens is 3. The van der Waals surface area contributed by atoms with E-state index in [1.807, 2.05) is 78.9 Å². The van der Waals surface area contributed by atoms with Gasteiger partial charge in [0.25, 0.3) is 0 Å². The zero-order valence-corrected chi connectivity index (χ0v) is 22.2. The molecule has 3 heterocycles. The van der Waals surface area contributed by atoms with Gasteiger partial charge >= 0.3 is 5.97 Å². The maximum absolute atomic E-state index is 14.8. The molecule has 0 saturated carbocycles. The van der Waals surface area contributed by atoms with Crippen LogP contribution in [0.4, 0.5) is 26.1 Å². The zero-order chi connectivity index (χ0) is 26.2. The summed E-state index contributed by atoms with van der Waals surface area (Å²) in [7, 11) is 0. The van der Waals surface area contributed by atoms with Crippen LogP contribution >= 0.6 is 0 Å². The van der Waals surface area contributed by atoms with Crippen molar-refractivity contribution in [3.63, 3.8) is 0 Å². The average molecular weight is 699 g/mol. The second kappa shape index (κ2) is 10.7. The molecule has 3 aromatic carbocycles. The minimum Gasteiger partial charge on any atom is -0.477 e. The molecular formula is C30H17F2N4O2Pt-. The number of nitrogens with zero attached hydrogens (tertiary/aromatic N) is 4. The number of carboxylic acid groups (broad SMARTS) is 1. The SMILES string of the molecule is O=C(O)c1cc2ccccc2c(N(c2ccccc2)c2nc(-c3[c-]cc(F)nc3F)cc3ccccc23)n1.[Pt]. The van der Waals surface area contributed by atoms with Crippen LogP contribution in [0.1, 0.15) is 10.5 Å². The molecule has 194 valence electrons. The van der Waals surface area contributed by atoms with Crippen LogP contribution in [0.2, 0.25) is 0 Å². The number of para-hydroxylation sites is 1. The number of fused-ring (bicyclic) bond motifs is 2. The third kappa shape index (κ3) is 4.87. The number of carbonyl (C=O) groups is 1. The average Bonchev–Trinajstić information content (AvgIpc) is 2.93. The molecule has 0 aliphatic rings. The summed E-state index contributed by atoms with van der Waals surface area (Å²) in [5.41, 5.74) is 0.609. The molecule has 3 aromatic heterocycles. The molecule has 6 rings (SSSR count). The van der Waals surface area contributed by atoms with Crippen molar-refractivity contribution in [3.8, 4) is 11.3 Å². The molecule has 0 bridgehead atoms. The Labute approximate surface area is 235 Å². The number of hydrogen-bond acceptors (Lipinski definition) is 5. The fourth-order valence-electron chi connectivity index (χ4n) is 4.41. The Hall–Kier alpha value is -4.55. The van der Waals surface area contributed by atoms with Gasteiger partial charge in [0.15, 0.2) is 5.69 Å². The number of hydrogen-bond donors (Lipinski definition) is 1. The van der Waals surface area contributed by atoms with Gasteiger partial charge in [0.2, 0.25) is 0 Å². The number of carboxylic acids is 1. The summed E-state index contributed by atoms with van der Waals surface area (Å²) >= 11 is 0. The minimum atomic E-state index is -1.18. The minimum absolute atomic E-state index is 0. The van der Waals surface area contributed by atoms with Crippen LogP contribution in [0.15, 0.2) is 97.1 Å². The second-order valence-corrected chi connectivity index (χ2v) is 8.47. The van der Waals surface area contributed by atoms with E-state index in [0.717, 1.165) is 11.5 Å². The fourth-order valence-corrected chi connectivity index (χ4v) is 4.41. The molecule has 39 heavy (non-hydrogen) atoms. The molecule has 0 amide bonds. The smallest absolute Gasteiger partial charge is 0.354 e. The van der Waals surface area contributed by atoms with E-state index in [9.17, 15) is 18.7 Å². The number of benzene rings is 3. The van der Waals surface area contributed by atoms with Gasteiger partial charge in [-0.05, 0) is 34.7 Å². The molecule has 0 aliphatic carbocycles. The van der Waals surface area contributed by atoms with Gasteiger partial charge in [-0.25, -0.2) is 18.6 Å². The monoisotopic (exact) mass is 698 g/mol. The molecule has 6 aromatic rings. The summed E-state index contributed by atoms with van der Waals surface area (Å²) in [5, 5.41) is 12.6. The van der Waals surface area contributed by atoms with Crippen LogP contribution in [0.3, 0.4) is 0 Å². The molecule has 0 aliphatic heterocycles. The molecule has 0 saturated heterocycles. The van der Waals surface area contributed by atoms with E-state index in [0.29, 0.717) is 33.5 Å². The van der Waals surface area contributed by atoms with Crippen molar-refractivity contribution < 1.29 is 39.7 Å². The summed E-state index contributed by atoms with van der Waals surface area (Å²) in [6, 6.07) is 30.7. The molecule has 0 fully saturated rings. The number of anilines is 3. The van der Waals surface area contributed by atoms with Crippen molar-refractivity contribution in [2.24, 2.45) is 0 Å². The van der Waals surface area contributed by atoms with Gasteiger partial charge in [-0.3, -0.25) is 14.9 Å². The molecule has 0 unspecified atom stereocenters. The molecule has 9 heteroatoms. The predicted molar refractivity (Wildman–Crippen MR) is 141 cm³/mol. The zero-order valence-electron chi connectivity index (χ0n) is 20.0. The Morgan fingerprint density at radius 3 is 2.00 bits per heavy atom. The number of halogens is 2. The van der Waals surface area contributed by atoms with E-state index in [1.165, 1.54) is 6.07 Å². The van der Waals surface area contributed by atoms with Gasteiger partial charge in [-0.15, -0.1) is 6.07 Å². The maximum Gasteiger partial charge on any atom is 0.354 e. The van der Waals surface area contributed by atoms with Crippen LogP contribution in [0, 0.1) is 18.0 Å². The van der Waals surface area contributed by atoms with Crippen molar-refractivity contribution in [1.29, 1.82) is 0 Å². The first-order valence-electron chi connectivity index (χ1n) is 11.6. The molecule has 0 spiro atoms. The topological polar surface area (TPSA) is 79.2 Å². The first kappa shape index (κ1) is 26.1. The summed E-state index contributed by atoms with van der Waals surface area (Å²) in [6.45, 7) is 0. The van der Waals surface area contributed by atoms with E-state index < -0.39 is 17.9 Å². The first-order valence-corrected chi connectivity index (χ1v) is 11.6. The van der Waals surface area contributed by atoms with E-state index in [1.54, 1.807) is 11.0 Å². The Morgan fingerprint density at radius 2 is 1.36 bits per heavy atom. The van der Waals surface area contributed by atoms with E-state index in [4.69, 9.17) is 4.98 Å². The van der Waals surface area contributed by atoms with Gasteiger partial charge in [-0.2, -0.15) is 0 Å². The van der Waals surface area contributed by atoms with Crippen molar-refractivity contribution in [3.05, 3.63) is 121 Å². The Balaban J connectivity index is 0.00000308. The number of rotatable bonds is 5. The van der Waals surface area contributed by atoms with Crippen LogP contribution in [0.5, 0.6) is 0 Å². The Kier molecular flexibility index (Phi) is 7.13. The van der Waals surface area contributed by atoms with Crippen LogP contribution < -0.4 is 4.90 Å². The van der Waals surface area contributed by atoms with E-state index in [2.05, 4.69) is 16.0 Å². The number of pyridine rings is 3. The largest absolute Gasteiger partial charge is 0.477 e. The van der Waals surface area contributed by atoms with Crippen LogP contribution in [-0.2, 0) is 21.1 Å². The van der Waals surface area contributed by atoms with Crippen molar-refractivity contribution in [2.45, 2.75) is 0 Å². The fraction of sp³-hybridized carbons (Fsp3) is 0. The normalized spacial score (nSPS) is 10.8. The predicted octanol–water partition coefficient (Wildman–Crippen LogP) is 7.09. The summed E-state index contributed by atoms with van der Waals surface area (Å²) in [6.07, 6.45) is 0. The maximum atomic E-state index is 14.8. The van der Waals surface area contributed by atoms with Crippen molar-refractivity contribution in [2.75, 3.05) is 4.90 Å². The van der Waals surface area contributed by atoms with Gasteiger partial charge < -0.3 is 5.11 Å². The van der Waals surface area contributed by atoms with Gasteiger partial charge in [0.1, 0.15) is 23.5 Å². The third-order valence-corrected chi connectivity index (χ3v) is 6.10. The molecular weight excluding hydrogens is 681 g/mol. The Morgan fingerprint density at radius 1 is 0.769 bits per heavy atom. The van der Waals surface area contributed by atoms with Crippen molar-refractivity contribution >= 4 is 44.8 Å². The summed E-state index contributed by atoms with van der Waals surface area (Å²) in [5.74, 6) is -2.49. The molecule has 0 atom stereocenters. The number of aromatic carboxylic acids is 1.